The van der Waals surface area contributed by atoms with Crippen LogP contribution < -0.4 is 5.32 Å². The highest BCUT2D eigenvalue weighted by Crippen LogP contribution is 2.26. The molecule has 0 aromatic heterocycles. The number of amides is 1. The van der Waals surface area contributed by atoms with Crippen LogP contribution in [0.3, 0.4) is 0 Å². The first kappa shape index (κ1) is 12.8. The van der Waals surface area contributed by atoms with Gasteiger partial charge in [-0.1, -0.05) is 26.2 Å². The zero-order valence-corrected chi connectivity index (χ0v) is 10.4. The van der Waals surface area contributed by atoms with E-state index in [9.17, 15) is 4.79 Å². The zero-order chi connectivity index (χ0) is 11.1. The minimum Gasteiger partial charge on any atom is -0.353 e. The van der Waals surface area contributed by atoms with E-state index in [1.807, 2.05) is 0 Å². The predicted molar refractivity (Wildman–Crippen MR) is 64.1 cm³/mol. The van der Waals surface area contributed by atoms with Gasteiger partial charge in [0.05, 0.1) is 0 Å². The quantitative estimate of drug-likeness (QED) is 0.553. The third kappa shape index (κ3) is 4.42. The number of hydrogen-bond acceptors (Lipinski definition) is 1. The van der Waals surface area contributed by atoms with Crippen LogP contribution in [0.25, 0.3) is 0 Å². The molecule has 1 rings (SSSR count). The normalized spacial score (nSPS) is 25.5. The zero-order valence-electron chi connectivity index (χ0n) is 9.60. The van der Waals surface area contributed by atoms with E-state index in [1.54, 1.807) is 0 Å². The first-order chi connectivity index (χ1) is 7.27. The van der Waals surface area contributed by atoms with Crippen molar-refractivity contribution in [3.05, 3.63) is 0 Å². The summed E-state index contributed by atoms with van der Waals surface area (Å²) in [5.74, 6) is 1.40. The average Bonchev–Trinajstić information content (AvgIpc) is 2.65. The Balaban J connectivity index is 2.19. The highest BCUT2D eigenvalue weighted by Gasteiger charge is 2.27. The first-order valence-electron chi connectivity index (χ1n) is 6.13. The summed E-state index contributed by atoms with van der Waals surface area (Å²) >= 11 is 5.86. The van der Waals surface area contributed by atoms with E-state index < -0.39 is 0 Å². The molecule has 0 heterocycles. The number of rotatable bonds is 6. The van der Waals surface area contributed by atoms with Crippen LogP contribution in [0.2, 0.25) is 0 Å². The second-order valence-corrected chi connectivity index (χ2v) is 4.79. The summed E-state index contributed by atoms with van der Waals surface area (Å²) in [6.07, 6.45) is 7.50. The molecule has 1 saturated carbocycles. The summed E-state index contributed by atoms with van der Waals surface area (Å²) in [6, 6.07) is 0.344. The fourth-order valence-electron chi connectivity index (χ4n) is 2.23. The molecule has 1 fully saturated rings. The lowest BCUT2D eigenvalue weighted by Crippen LogP contribution is -2.37. The minimum atomic E-state index is 0.213. The summed E-state index contributed by atoms with van der Waals surface area (Å²) in [6.45, 7) is 2.15. The van der Waals surface area contributed by atoms with Crippen LogP contribution in [0.15, 0.2) is 0 Å². The minimum absolute atomic E-state index is 0.213. The Morgan fingerprint density at radius 1 is 1.40 bits per heavy atom. The van der Waals surface area contributed by atoms with Gasteiger partial charge in [-0.2, -0.15) is 0 Å². The van der Waals surface area contributed by atoms with Gasteiger partial charge in [-0.15, -0.1) is 11.6 Å². The number of carbonyl (C=O) groups is 1. The number of hydrogen-bond donors (Lipinski definition) is 1. The Hall–Kier alpha value is -0.240. The Morgan fingerprint density at radius 3 is 2.87 bits per heavy atom. The van der Waals surface area contributed by atoms with Crippen molar-refractivity contribution in [2.24, 2.45) is 5.92 Å². The van der Waals surface area contributed by atoms with Gasteiger partial charge < -0.3 is 5.32 Å². The lowest BCUT2D eigenvalue weighted by molar-refractivity contribution is -0.122. The van der Waals surface area contributed by atoms with E-state index >= 15 is 0 Å². The molecule has 2 atom stereocenters. The maximum Gasteiger partial charge on any atom is 0.220 e. The molecule has 88 valence electrons. The standard InChI is InChI=1S/C12H22ClNO/c1-2-3-4-8-12(15)14-11-7-5-6-10(11)9-13/h10-11H,2-9H2,1H3,(H,14,15). The monoisotopic (exact) mass is 231 g/mol. The van der Waals surface area contributed by atoms with Gasteiger partial charge in [0, 0.05) is 18.3 Å². The average molecular weight is 232 g/mol. The van der Waals surface area contributed by atoms with Gasteiger partial charge >= 0.3 is 0 Å². The van der Waals surface area contributed by atoms with Crippen molar-refractivity contribution in [2.45, 2.75) is 57.9 Å². The molecule has 1 aliphatic rings. The van der Waals surface area contributed by atoms with E-state index in [-0.39, 0.29) is 5.91 Å². The van der Waals surface area contributed by atoms with E-state index in [0.717, 1.165) is 19.3 Å². The van der Waals surface area contributed by atoms with E-state index in [1.165, 1.54) is 19.3 Å². The molecule has 0 spiro atoms. The summed E-state index contributed by atoms with van der Waals surface area (Å²) in [5.41, 5.74) is 0. The molecule has 1 amide bonds. The van der Waals surface area contributed by atoms with E-state index in [2.05, 4.69) is 12.2 Å². The molecule has 0 saturated heterocycles. The molecule has 15 heavy (non-hydrogen) atoms. The molecule has 0 aliphatic heterocycles. The third-order valence-corrected chi connectivity index (χ3v) is 3.61. The van der Waals surface area contributed by atoms with Crippen molar-refractivity contribution in [3.63, 3.8) is 0 Å². The van der Waals surface area contributed by atoms with E-state index in [4.69, 9.17) is 11.6 Å². The third-order valence-electron chi connectivity index (χ3n) is 3.21. The van der Waals surface area contributed by atoms with Crippen molar-refractivity contribution >= 4 is 17.5 Å². The van der Waals surface area contributed by atoms with Crippen molar-refractivity contribution < 1.29 is 4.79 Å². The van der Waals surface area contributed by atoms with Crippen LogP contribution in [0, 0.1) is 5.92 Å². The van der Waals surface area contributed by atoms with Crippen molar-refractivity contribution in [1.82, 2.24) is 5.32 Å². The van der Waals surface area contributed by atoms with Crippen LogP contribution in [-0.4, -0.2) is 17.8 Å². The number of alkyl halides is 1. The summed E-state index contributed by atoms with van der Waals surface area (Å²) < 4.78 is 0. The Bertz CT molecular complexity index is 196. The number of halogens is 1. The molecule has 2 nitrogen and oxygen atoms in total. The second-order valence-electron chi connectivity index (χ2n) is 4.48. The maximum absolute atomic E-state index is 11.6. The first-order valence-corrected chi connectivity index (χ1v) is 6.66. The summed E-state index contributed by atoms with van der Waals surface area (Å²) in [5, 5.41) is 3.12. The lowest BCUT2D eigenvalue weighted by Gasteiger charge is -2.18. The molecule has 1 N–H and O–H groups in total. The summed E-state index contributed by atoms with van der Waals surface area (Å²) in [7, 11) is 0. The SMILES string of the molecule is CCCCCC(=O)NC1CCCC1CCl. The molecule has 0 aromatic carbocycles. The highest BCUT2D eigenvalue weighted by molar-refractivity contribution is 6.18. The number of carbonyl (C=O) groups excluding carboxylic acids is 1. The van der Waals surface area contributed by atoms with Crippen molar-refractivity contribution in [1.29, 1.82) is 0 Å². The van der Waals surface area contributed by atoms with Gasteiger partial charge in [0.1, 0.15) is 0 Å². The molecule has 3 heteroatoms. The van der Waals surface area contributed by atoms with Gasteiger partial charge in [-0.05, 0) is 25.2 Å². The Labute approximate surface area is 97.8 Å². The topological polar surface area (TPSA) is 29.1 Å². The van der Waals surface area contributed by atoms with Crippen LogP contribution in [0.5, 0.6) is 0 Å². The van der Waals surface area contributed by atoms with Crippen LogP contribution in [0.1, 0.15) is 51.9 Å². The molecule has 0 bridgehead atoms. The van der Waals surface area contributed by atoms with Crippen LogP contribution >= 0.6 is 11.6 Å². The van der Waals surface area contributed by atoms with E-state index in [0.29, 0.717) is 24.3 Å². The second kappa shape index (κ2) is 7.10. The number of unbranched alkanes of at least 4 members (excludes halogenated alkanes) is 2. The molecule has 2 unspecified atom stereocenters. The van der Waals surface area contributed by atoms with Crippen LogP contribution in [-0.2, 0) is 4.79 Å². The van der Waals surface area contributed by atoms with Gasteiger partial charge in [0.15, 0.2) is 0 Å². The Kier molecular flexibility index (Phi) is 6.07. The molecule has 0 radical (unpaired) electrons. The smallest absolute Gasteiger partial charge is 0.220 e. The molecule has 1 aliphatic carbocycles. The van der Waals surface area contributed by atoms with Crippen LogP contribution in [0.4, 0.5) is 0 Å². The molecular formula is C12H22ClNO. The predicted octanol–water partition coefficient (Wildman–Crippen LogP) is 3.09. The number of nitrogens with one attached hydrogen (secondary N) is 1. The fraction of sp³-hybridized carbons (Fsp3) is 0.917. The van der Waals surface area contributed by atoms with Gasteiger partial charge in [0.2, 0.25) is 5.91 Å². The van der Waals surface area contributed by atoms with Gasteiger partial charge in [-0.3, -0.25) is 4.79 Å². The van der Waals surface area contributed by atoms with Gasteiger partial charge in [0.25, 0.3) is 0 Å². The Morgan fingerprint density at radius 2 is 2.20 bits per heavy atom. The fourth-order valence-corrected chi connectivity index (χ4v) is 2.60. The van der Waals surface area contributed by atoms with Crippen molar-refractivity contribution in [2.75, 3.05) is 5.88 Å². The highest BCUT2D eigenvalue weighted by atomic mass is 35.5. The molecular weight excluding hydrogens is 210 g/mol. The summed E-state index contributed by atoms with van der Waals surface area (Å²) in [4.78, 5) is 11.6. The van der Waals surface area contributed by atoms with Crippen molar-refractivity contribution in [3.8, 4) is 0 Å². The maximum atomic E-state index is 11.6. The van der Waals surface area contributed by atoms with Gasteiger partial charge in [-0.25, -0.2) is 0 Å². The largest absolute Gasteiger partial charge is 0.353 e. The molecule has 0 aromatic rings. The lowest BCUT2D eigenvalue weighted by atomic mass is 10.1.